The molecule has 0 atom stereocenters. The van der Waals surface area contributed by atoms with Crippen molar-refractivity contribution in [1.29, 1.82) is 0 Å². The molecule has 3 nitrogen and oxygen atoms in total. The first-order valence-corrected chi connectivity index (χ1v) is 3.59. The molecule has 1 N–H and O–H groups in total. The highest BCUT2D eigenvalue weighted by Gasteiger charge is 2.01. The largest absolute Gasteiger partial charge is 0.361 e. The Hall–Kier alpha value is -1.64. The zero-order valence-electron chi connectivity index (χ0n) is 7.04. The normalized spacial score (nSPS) is 9.08. The van der Waals surface area contributed by atoms with Gasteiger partial charge in [0.05, 0.1) is 11.4 Å². The molecule has 0 unspecified atom stereocenters. The molecule has 62 valence electrons. The van der Waals surface area contributed by atoms with E-state index in [1.165, 1.54) is 6.33 Å². The summed E-state index contributed by atoms with van der Waals surface area (Å²) in [7, 11) is 0. The number of nitrogens with zero attached hydrogens (tertiary/aromatic N) is 2. The van der Waals surface area contributed by atoms with E-state index in [0.717, 1.165) is 17.0 Å². The molecule has 0 amide bonds. The maximum Gasteiger partial charge on any atom is 0.116 e. The zero-order chi connectivity index (χ0) is 8.97. The van der Waals surface area contributed by atoms with Gasteiger partial charge in [-0.1, -0.05) is 13.2 Å². The van der Waals surface area contributed by atoms with Crippen LogP contribution in [0.1, 0.15) is 11.3 Å². The van der Waals surface area contributed by atoms with Crippen LogP contribution in [0.3, 0.4) is 0 Å². The molecule has 1 aromatic heterocycles. The predicted molar refractivity (Wildman–Crippen MR) is 49.1 cm³/mol. The number of hydrogen-bond acceptors (Lipinski definition) is 3. The Kier molecular flexibility index (Phi) is 2.58. The Balaban J connectivity index is 2.94. The Morgan fingerprint density at radius 3 is 3.00 bits per heavy atom. The molecule has 0 fully saturated rings. The molecular formula is C9H11N3. The molecular weight excluding hydrogens is 150 g/mol. The van der Waals surface area contributed by atoms with E-state index in [0.29, 0.717) is 0 Å². The summed E-state index contributed by atoms with van der Waals surface area (Å²) in [5.74, 6) is 0. The summed E-state index contributed by atoms with van der Waals surface area (Å²) >= 11 is 0. The van der Waals surface area contributed by atoms with Crippen molar-refractivity contribution < 1.29 is 0 Å². The van der Waals surface area contributed by atoms with Crippen LogP contribution in [0, 0.1) is 6.92 Å². The number of aryl methyl sites for hydroxylation is 1. The van der Waals surface area contributed by atoms with Crippen molar-refractivity contribution >= 4 is 5.70 Å². The van der Waals surface area contributed by atoms with Crippen LogP contribution in [-0.2, 0) is 0 Å². The third-order valence-electron chi connectivity index (χ3n) is 1.46. The van der Waals surface area contributed by atoms with E-state index in [4.69, 9.17) is 0 Å². The van der Waals surface area contributed by atoms with Crippen molar-refractivity contribution in [3.63, 3.8) is 0 Å². The average Bonchev–Trinajstić information content (AvgIpc) is 2.05. The van der Waals surface area contributed by atoms with Gasteiger partial charge in [-0.15, -0.1) is 0 Å². The summed E-state index contributed by atoms with van der Waals surface area (Å²) in [6.45, 7) is 9.28. The molecule has 0 aliphatic heterocycles. The summed E-state index contributed by atoms with van der Waals surface area (Å²) in [6.07, 6.45) is 4.82. The summed E-state index contributed by atoms with van der Waals surface area (Å²) in [6, 6.07) is 0. The lowest BCUT2D eigenvalue weighted by atomic mass is 10.2. The highest BCUT2D eigenvalue weighted by Crippen LogP contribution is 2.09. The summed E-state index contributed by atoms with van der Waals surface area (Å²) in [4.78, 5) is 7.96. The molecule has 0 aliphatic rings. The fourth-order valence-corrected chi connectivity index (χ4v) is 0.907. The molecule has 0 spiro atoms. The molecule has 1 heterocycles. The van der Waals surface area contributed by atoms with Crippen molar-refractivity contribution in [2.24, 2.45) is 0 Å². The average molecular weight is 161 g/mol. The minimum Gasteiger partial charge on any atom is -0.361 e. The van der Waals surface area contributed by atoms with Gasteiger partial charge in [0, 0.05) is 6.20 Å². The van der Waals surface area contributed by atoms with Gasteiger partial charge in [0.25, 0.3) is 0 Å². The van der Waals surface area contributed by atoms with E-state index in [2.05, 4.69) is 28.4 Å². The molecule has 1 rings (SSSR count). The van der Waals surface area contributed by atoms with Gasteiger partial charge in [-0.3, -0.25) is 0 Å². The Bertz CT molecular complexity index is 304. The lowest BCUT2D eigenvalue weighted by molar-refractivity contribution is 1.07. The van der Waals surface area contributed by atoms with Crippen LogP contribution in [0.4, 0.5) is 0 Å². The number of nitrogens with one attached hydrogen (secondary N) is 1. The van der Waals surface area contributed by atoms with Crippen LogP contribution in [0.2, 0.25) is 0 Å². The summed E-state index contributed by atoms with van der Waals surface area (Å²) < 4.78 is 0. The maximum atomic E-state index is 4.08. The maximum absolute atomic E-state index is 4.08. The number of rotatable bonds is 3. The van der Waals surface area contributed by atoms with Gasteiger partial charge >= 0.3 is 0 Å². The van der Waals surface area contributed by atoms with E-state index in [9.17, 15) is 0 Å². The molecule has 0 radical (unpaired) electrons. The molecule has 1 aromatic rings. The second kappa shape index (κ2) is 3.67. The third-order valence-corrected chi connectivity index (χ3v) is 1.46. The zero-order valence-corrected chi connectivity index (χ0v) is 7.04. The second-order valence-corrected chi connectivity index (χ2v) is 2.38. The minimum absolute atomic E-state index is 0.741. The standard InChI is InChI=1S/C9H11N3/c1-4-11-8(3)9-7(2)5-10-6-12-9/h4-6,11H,1,3H2,2H3. The molecule has 12 heavy (non-hydrogen) atoms. The quantitative estimate of drug-likeness (QED) is 0.729. The van der Waals surface area contributed by atoms with Gasteiger partial charge in [0.2, 0.25) is 0 Å². The number of hydrogen-bond donors (Lipinski definition) is 1. The van der Waals surface area contributed by atoms with Gasteiger partial charge in [-0.2, -0.15) is 0 Å². The van der Waals surface area contributed by atoms with E-state index >= 15 is 0 Å². The van der Waals surface area contributed by atoms with E-state index in [-0.39, 0.29) is 0 Å². The first-order valence-electron chi connectivity index (χ1n) is 3.59. The van der Waals surface area contributed by atoms with Crippen molar-refractivity contribution in [1.82, 2.24) is 15.3 Å². The van der Waals surface area contributed by atoms with Gasteiger partial charge in [-0.25, -0.2) is 9.97 Å². The van der Waals surface area contributed by atoms with E-state index in [1.807, 2.05) is 6.92 Å². The molecule has 0 saturated heterocycles. The van der Waals surface area contributed by atoms with Crippen molar-refractivity contribution in [3.05, 3.63) is 43.1 Å². The Labute approximate surface area is 71.9 Å². The highest BCUT2D eigenvalue weighted by molar-refractivity contribution is 5.61. The Morgan fingerprint density at radius 2 is 2.42 bits per heavy atom. The summed E-state index contributed by atoms with van der Waals surface area (Å²) in [5, 5.41) is 2.88. The van der Waals surface area contributed by atoms with Crippen molar-refractivity contribution in [2.75, 3.05) is 0 Å². The van der Waals surface area contributed by atoms with Crippen LogP contribution < -0.4 is 5.32 Å². The van der Waals surface area contributed by atoms with E-state index < -0.39 is 0 Å². The first-order chi connectivity index (χ1) is 5.75. The fraction of sp³-hybridized carbons (Fsp3) is 0.111. The SMILES string of the molecule is C=CNC(=C)c1ncncc1C. The third kappa shape index (κ3) is 1.69. The van der Waals surface area contributed by atoms with Crippen LogP contribution in [0.15, 0.2) is 31.9 Å². The lowest BCUT2D eigenvalue weighted by Gasteiger charge is -2.05. The van der Waals surface area contributed by atoms with Crippen LogP contribution in [0.5, 0.6) is 0 Å². The summed E-state index contributed by atoms with van der Waals surface area (Å²) in [5.41, 5.74) is 2.56. The van der Waals surface area contributed by atoms with E-state index in [1.54, 1.807) is 12.4 Å². The van der Waals surface area contributed by atoms with Gasteiger partial charge < -0.3 is 5.32 Å². The highest BCUT2D eigenvalue weighted by atomic mass is 14.9. The second-order valence-electron chi connectivity index (χ2n) is 2.38. The number of aromatic nitrogens is 2. The lowest BCUT2D eigenvalue weighted by Crippen LogP contribution is -2.05. The monoisotopic (exact) mass is 161 g/mol. The van der Waals surface area contributed by atoms with Gasteiger partial charge in [-0.05, 0) is 18.7 Å². The fourth-order valence-electron chi connectivity index (χ4n) is 0.907. The molecule has 0 aromatic carbocycles. The molecule has 0 aliphatic carbocycles. The molecule has 0 saturated carbocycles. The molecule has 3 heteroatoms. The smallest absolute Gasteiger partial charge is 0.116 e. The first kappa shape index (κ1) is 8.46. The predicted octanol–water partition coefficient (Wildman–Crippen LogP) is 1.49. The van der Waals surface area contributed by atoms with Crippen molar-refractivity contribution in [3.8, 4) is 0 Å². The van der Waals surface area contributed by atoms with Crippen LogP contribution in [0.25, 0.3) is 5.70 Å². The Morgan fingerprint density at radius 1 is 1.67 bits per heavy atom. The van der Waals surface area contributed by atoms with Gasteiger partial charge in [0.15, 0.2) is 0 Å². The van der Waals surface area contributed by atoms with Crippen molar-refractivity contribution in [2.45, 2.75) is 6.92 Å². The molecule has 0 bridgehead atoms. The van der Waals surface area contributed by atoms with Crippen LogP contribution in [-0.4, -0.2) is 9.97 Å². The topological polar surface area (TPSA) is 37.8 Å². The minimum atomic E-state index is 0.741. The van der Waals surface area contributed by atoms with Crippen LogP contribution >= 0.6 is 0 Å². The van der Waals surface area contributed by atoms with Gasteiger partial charge in [0.1, 0.15) is 6.33 Å².